The number of hydrogen-bond donors (Lipinski definition) is 0. The first kappa shape index (κ1) is 12.6. The van der Waals surface area contributed by atoms with Crippen LogP contribution in [0.2, 0.25) is 0 Å². The van der Waals surface area contributed by atoms with Crippen molar-refractivity contribution in [3.8, 4) is 0 Å². The van der Waals surface area contributed by atoms with Crippen molar-refractivity contribution in [1.82, 2.24) is 4.90 Å². The summed E-state index contributed by atoms with van der Waals surface area (Å²) in [6, 6.07) is 9.16. The van der Waals surface area contributed by atoms with Crippen LogP contribution in [0.4, 0.5) is 0 Å². The number of rotatable bonds is 3. The fraction of sp³-hybridized carbons (Fsp3) is 0.625. The van der Waals surface area contributed by atoms with Gasteiger partial charge in [-0.3, -0.25) is 0 Å². The van der Waals surface area contributed by atoms with E-state index in [-0.39, 0.29) is 0 Å². The van der Waals surface area contributed by atoms with Crippen molar-refractivity contribution in [2.45, 2.75) is 33.6 Å². The third-order valence-corrected chi connectivity index (χ3v) is 4.25. The molecule has 1 aliphatic heterocycles. The molecule has 17 heavy (non-hydrogen) atoms. The normalized spacial score (nSPS) is 25.7. The zero-order valence-corrected chi connectivity index (χ0v) is 11.6. The molecular formula is C16H25N. The summed E-state index contributed by atoms with van der Waals surface area (Å²) >= 11 is 0. The molecule has 2 atom stereocenters. The molecule has 0 saturated carbocycles. The largest absolute Gasteiger partial charge is 0.303 e. The van der Waals surface area contributed by atoms with E-state index in [1.54, 1.807) is 0 Å². The number of aryl methyl sites for hydroxylation is 1. The van der Waals surface area contributed by atoms with Crippen LogP contribution in [-0.2, 0) is 0 Å². The second-order valence-electron chi connectivity index (χ2n) is 5.78. The topological polar surface area (TPSA) is 3.24 Å². The Morgan fingerprint density at radius 3 is 2.35 bits per heavy atom. The van der Waals surface area contributed by atoms with E-state index in [2.05, 4.69) is 56.9 Å². The van der Waals surface area contributed by atoms with Crippen LogP contribution in [-0.4, -0.2) is 24.5 Å². The van der Waals surface area contributed by atoms with Crippen LogP contribution in [0.5, 0.6) is 0 Å². The van der Waals surface area contributed by atoms with E-state index in [4.69, 9.17) is 0 Å². The molecule has 0 bridgehead atoms. The van der Waals surface area contributed by atoms with Gasteiger partial charge in [-0.1, -0.05) is 50.6 Å². The first-order valence-electron chi connectivity index (χ1n) is 6.90. The molecule has 1 heterocycles. The predicted octanol–water partition coefficient (Wildman–Crippen LogP) is 3.69. The molecule has 0 amide bonds. The van der Waals surface area contributed by atoms with Gasteiger partial charge in [0.15, 0.2) is 0 Å². The number of nitrogens with zero attached hydrogens (tertiary/aromatic N) is 1. The maximum atomic E-state index is 2.59. The van der Waals surface area contributed by atoms with E-state index in [9.17, 15) is 0 Å². The molecule has 0 radical (unpaired) electrons. The fourth-order valence-electron chi connectivity index (χ4n) is 3.01. The van der Waals surface area contributed by atoms with E-state index in [1.807, 2.05) is 0 Å². The quantitative estimate of drug-likeness (QED) is 0.767. The van der Waals surface area contributed by atoms with E-state index < -0.39 is 0 Å². The van der Waals surface area contributed by atoms with Gasteiger partial charge in [-0.05, 0) is 30.9 Å². The van der Waals surface area contributed by atoms with Crippen LogP contribution in [0, 0.1) is 18.8 Å². The summed E-state index contributed by atoms with van der Waals surface area (Å²) in [5, 5.41) is 0. The van der Waals surface area contributed by atoms with Crippen LogP contribution < -0.4 is 0 Å². The van der Waals surface area contributed by atoms with Crippen LogP contribution in [0.1, 0.15) is 37.8 Å². The van der Waals surface area contributed by atoms with Crippen LogP contribution in [0.15, 0.2) is 24.3 Å². The smallest absolute Gasteiger partial charge is 0.00535 e. The Morgan fingerprint density at radius 1 is 1.18 bits per heavy atom. The average molecular weight is 231 g/mol. The third-order valence-electron chi connectivity index (χ3n) is 4.25. The Morgan fingerprint density at radius 2 is 1.82 bits per heavy atom. The summed E-state index contributed by atoms with van der Waals surface area (Å²) in [6.07, 6.45) is 0. The first-order valence-corrected chi connectivity index (χ1v) is 6.90. The molecule has 0 N–H and O–H groups in total. The zero-order valence-electron chi connectivity index (χ0n) is 11.6. The number of likely N-dealkylation sites (N-methyl/N-ethyl adjacent to an activating group) is 1. The first-order chi connectivity index (χ1) is 8.11. The second-order valence-corrected chi connectivity index (χ2v) is 5.78. The second kappa shape index (κ2) is 5.22. The van der Waals surface area contributed by atoms with Gasteiger partial charge in [-0.15, -0.1) is 0 Å². The molecule has 1 aromatic carbocycles. The van der Waals surface area contributed by atoms with Gasteiger partial charge >= 0.3 is 0 Å². The van der Waals surface area contributed by atoms with Gasteiger partial charge < -0.3 is 4.90 Å². The van der Waals surface area contributed by atoms with E-state index in [0.717, 1.165) is 17.8 Å². The average Bonchev–Trinajstić information content (AvgIpc) is 2.74. The lowest BCUT2D eigenvalue weighted by molar-refractivity contribution is 0.315. The summed E-state index contributed by atoms with van der Waals surface area (Å²) in [4.78, 5) is 2.59. The Labute approximate surface area is 106 Å². The van der Waals surface area contributed by atoms with Gasteiger partial charge in [0.25, 0.3) is 0 Å². The van der Waals surface area contributed by atoms with E-state index in [0.29, 0.717) is 0 Å². The highest BCUT2D eigenvalue weighted by molar-refractivity contribution is 5.26. The SMILES string of the molecule is CCN1CC(c2ccc(C)cc2)[C@H](C(C)C)C1. The van der Waals surface area contributed by atoms with Crippen molar-refractivity contribution < 1.29 is 0 Å². The molecule has 1 saturated heterocycles. The van der Waals surface area contributed by atoms with Gasteiger partial charge in [0, 0.05) is 19.0 Å². The lowest BCUT2D eigenvalue weighted by atomic mass is 9.82. The standard InChI is InChI=1S/C16H25N/c1-5-17-10-15(12(2)3)16(11-17)14-8-6-13(4)7-9-14/h6-9,12,15-16H,5,10-11H2,1-4H3/t15-,16?/m0/s1. The summed E-state index contributed by atoms with van der Waals surface area (Å²) in [7, 11) is 0. The van der Waals surface area contributed by atoms with Gasteiger partial charge in [0.1, 0.15) is 0 Å². The number of likely N-dealkylation sites (tertiary alicyclic amines) is 1. The van der Waals surface area contributed by atoms with Crippen LogP contribution >= 0.6 is 0 Å². The Balaban J connectivity index is 2.20. The minimum atomic E-state index is 0.732. The number of hydrogen-bond acceptors (Lipinski definition) is 1. The fourth-order valence-corrected chi connectivity index (χ4v) is 3.01. The molecule has 1 unspecified atom stereocenters. The Hall–Kier alpha value is -0.820. The summed E-state index contributed by atoms with van der Waals surface area (Å²) in [5.41, 5.74) is 2.89. The molecule has 1 aliphatic rings. The van der Waals surface area contributed by atoms with Gasteiger partial charge in [0.05, 0.1) is 0 Å². The van der Waals surface area contributed by atoms with Crippen LogP contribution in [0.3, 0.4) is 0 Å². The molecule has 1 aromatic rings. The zero-order chi connectivity index (χ0) is 12.4. The molecule has 1 fully saturated rings. The number of benzene rings is 1. The summed E-state index contributed by atoms with van der Waals surface area (Å²) < 4.78 is 0. The van der Waals surface area contributed by atoms with Crippen molar-refractivity contribution in [3.63, 3.8) is 0 Å². The molecule has 2 rings (SSSR count). The van der Waals surface area contributed by atoms with Gasteiger partial charge in [-0.2, -0.15) is 0 Å². The summed E-state index contributed by atoms with van der Waals surface area (Å²) in [6.45, 7) is 12.9. The highest BCUT2D eigenvalue weighted by atomic mass is 15.1. The Kier molecular flexibility index (Phi) is 3.88. The molecule has 0 aliphatic carbocycles. The molecule has 1 heteroatoms. The monoisotopic (exact) mass is 231 g/mol. The highest BCUT2D eigenvalue weighted by Gasteiger charge is 2.34. The molecule has 0 aromatic heterocycles. The van der Waals surface area contributed by atoms with Gasteiger partial charge in [-0.25, -0.2) is 0 Å². The van der Waals surface area contributed by atoms with Crippen molar-refractivity contribution >= 4 is 0 Å². The molecular weight excluding hydrogens is 206 g/mol. The van der Waals surface area contributed by atoms with Crippen molar-refractivity contribution in [1.29, 1.82) is 0 Å². The van der Waals surface area contributed by atoms with Crippen molar-refractivity contribution in [2.24, 2.45) is 11.8 Å². The van der Waals surface area contributed by atoms with Crippen molar-refractivity contribution in [3.05, 3.63) is 35.4 Å². The third kappa shape index (κ3) is 2.71. The lowest BCUT2D eigenvalue weighted by Gasteiger charge is -2.22. The Bertz CT molecular complexity index is 352. The minimum Gasteiger partial charge on any atom is -0.303 e. The maximum absolute atomic E-state index is 2.59. The van der Waals surface area contributed by atoms with Gasteiger partial charge in [0.2, 0.25) is 0 Å². The van der Waals surface area contributed by atoms with Crippen LogP contribution in [0.25, 0.3) is 0 Å². The van der Waals surface area contributed by atoms with E-state index >= 15 is 0 Å². The predicted molar refractivity (Wildman–Crippen MR) is 74.4 cm³/mol. The molecule has 0 spiro atoms. The minimum absolute atomic E-state index is 0.732. The van der Waals surface area contributed by atoms with E-state index in [1.165, 1.54) is 30.8 Å². The molecule has 94 valence electrons. The lowest BCUT2D eigenvalue weighted by Crippen LogP contribution is -2.21. The molecule has 1 nitrogen and oxygen atoms in total. The maximum Gasteiger partial charge on any atom is 0.00535 e. The van der Waals surface area contributed by atoms with Crippen molar-refractivity contribution in [2.75, 3.05) is 19.6 Å². The summed E-state index contributed by atoms with van der Waals surface area (Å²) in [5.74, 6) is 2.33. The highest BCUT2D eigenvalue weighted by Crippen LogP contribution is 2.36.